The van der Waals surface area contributed by atoms with E-state index < -0.39 is 24.0 Å². The number of hydrogen-bond acceptors (Lipinski definition) is 4. The summed E-state index contributed by atoms with van der Waals surface area (Å²) >= 11 is 0. The highest BCUT2D eigenvalue weighted by atomic mass is 16.5. The summed E-state index contributed by atoms with van der Waals surface area (Å²) in [5.41, 5.74) is 0. The van der Waals surface area contributed by atoms with E-state index in [0.717, 1.165) is 0 Å². The number of ether oxygens (including phenoxy) is 1. The van der Waals surface area contributed by atoms with Gasteiger partial charge < -0.3 is 20.1 Å². The Labute approximate surface area is 124 Å². The molecule has 1 heterocycles. The fourth-order valence-corrected chi connectivity index (χ4v) is 2.40. The minimum absolute atomic E-state index is 0.0772. The number of nitrogens with zero attached hydrogens (tertiary/aromatic N) is 1. The molecule has 1 rings (SSSR count). The maximum Gasteiger partial charge on any atom is 0.407 e. The number of carbonyl (C=O) groups excluding carboxylic acids is 2. The summed E-state index contributed by atoms with van der Waals surface area (Å²) in [6.45, 7) is 6.33. The predicted octanol–water partition coefficient (Wildman–Crippen LogP) is 1.08. The van der Waals surface area contributed by atoms with Gasteiger partial charge in [0.15, 0.2) is 0 Å². The highest BCUT2D eigenvalue weighted by Crippen LogP contribution is 2.19. The quantitative estimate of drug-likeness (QED) is 0.792. The minimum Gasteiger partial charge on any atom is -0.481 e. The molecule has 21 heavy (non-hydrogen) atoms. The molecular weight excluding hydrogens is 276 g/mol. The molecule has 1 aliphatic heterocycles. The van der Waals surface area contributed by atoms with Crippen LogP contribution in [0.25, 0.3) is 0 Å². The standard InChI is InChI=1S/C14H24N2O5/c1-4-21-14(20)15-11-6-10(13(18)19)7-16(8-11)12(17)5-9(2)3/h9-11H,4-8H2,1-3H3,(H,15,20)(H,18,19). The second-order valence-corrected chi connectivity index (χ2v) is 5.73. The van der Waals surface area contributed by atoms with Crippen LogP contribution in [0, 0.1) is 11.8 Å². The summed E-state index contributed by atoms with van der Waals surface area (Å²) in [7, 11) is 0. The number of nitrogens with one attached hydrogen (secondary N) is 1. The molecule has 0 aromatic rings. The van der Waals surface area contributed by atoms with Crippen molar-refractivity contribution in [1.82, 2.24) is 10.2 Å². The molecule has 2 unspecified atom stereocenters. The molecule has 2 atom stereocenters. The predicted molar refractivity (Wildman–Crippen MR) is 75.7 cm³/mol. The largest absolute Gasteiger partial charge is 0.481 e. The van der Waals surface area contributed by atoms with Gasteiger partial charge in [0.05, 0.1) is 18.6 Å². The first-order valence-corrected chi connectivity index (χ1v) is 7.27. The van der Waals surface area contributed by atoms with E-state index >= 15 is 0 Å². The third kappa shape index (κ3) is 5.61. The van der Waals surface area contributed by atoms with E-state index in [1.54, 1.807) is 6.92 Å². The zero-order valence-corrected chi connectivity index (χ0v) is 12.8. The Morgan fingerprint density at radius 1 is 1.33 bits per heavy atom. The Morgan fingerprint density at radius 3 is 2.52 bits per heavy atom. The summed E-state index contributed by atoms with van der Waals surface area (Å²) in [6, 6.07) is -0.394. The molecule has 0 radical (unpaired) electrons. The van der Waals surface area contributed by atoms with Crippen molar-refractivity contribution < 1.29 is 24.2 Å². The number of alkyl carbamates (subject to hydrolysis) is 1. The molecule has 7 nitrogen and oxygen atoms in total. The van der Waals surface area contributed by atoms with Gasteiger partial charge in [-0.25, -0.2) is 4.79 Å². The van der Waals surface area contributed by atoms with Crippen molar-refractivity contribution >= 4 is 18.0 Å². The fourth-order valence-electron chi connectivity index (χ4n) is 2.40. The molecule has 2 N–H and O–H groups in total. The number of amides is 2. The van der Waals surface area contributed by atoms with E-state index in [9.17, 15) is 19.5 Å². The van der Waals surface area contributed by atoms with Crippen LogP contribution in [-0.4, -0.2) is 53.7 Å². The number of carboxylic acid groups (broad SMARTS) is 1. The van der Waals surface area contributed by atoms with Crippen molar-refractivity contribution in [3.63, 3.8) is 0 Å². The molecular formula is C14H24N2O5. The van der Waals surface area contributed by atoms with Crippen molar-refractivity contribution in [3.05, 3.63) is 0 Å². The number of carboxylic acids is 1. The summed E-state index contributed by atoms with van der Waals surface area (Å²) in [4.78, 5) is 36.3. The molecule has 0 aromatic carbocycles. The average Bonchev–Trinajstić information content (AvgIpc) is 2.37. The topological polar surface area (TPSA) is 95.9 Å². The van der Waals surface area contributed by atoms with Crippen molar-refractivity contribution in [1.29, 1.82) is 0 Å². The Balaban J connectivity index is 2.70. The Kier molecular flexibility index (Phi) is 6.45. The van der Waals surface area contributed by atoms with Gasteiger partial charge >= 0.3 is 12.1 Å². The Hall–Kier alpha value is -1.79. The number of rotatable bonds is 5. The van der Waals surface area contributed by atoms with E-state index in [1.165, 1.54) is 4.90 Å². The number of aliphatic carboxylic acids is 1. The Bertz CT molecular complexity index is 397. The maximum absolute atomic E-state index is 12.1. The van der Waals surface area contributed by atoms with Crippen LogP contribution in [0.1, 0.15) is 33.6 Å². The van der Waals surface area contributed by atoms with E-state index in [0.29, 0.717) is 19.4 Å². The molecule has 7 heteroatoms. The molecule has 0 aliphatic carbocycles. The summed E-state index contributed by atoms with van der Waals surface area (Å²) < 4.78 is 4.80. The van der Waals surface area contributed by atoms with Gasteiger partial charge in [-0.05, 0) is 19.3 Å². The molecule has 2 amide bonds. The van der Waals surface area contributed by atoms with Crippen LogP contribution < -0.4 is 5.32 Å². The zero-order chi connectivity index (χ0) is 16.0. The van der Waals surface area contributed by atoms with Crippen LogP contribution in [0.5, 0.6) is 0 Å². The molecule has 0 spiro atoms. The van der Waals surface area contributed by atoms with E-state index in [2.05, 4.69) is 5.32 Å². The lowest BCUT2D eigenvalue weighted by molar-refractivity contribution is -0.146. The first-order chi connectivity index (χ1) is 9.83. The van der Waals surface area contributed by atoms with Crippen molar-refractivity contribution in [2.24, 2.45) is 11.8 Å². The average molecular weight is 300 g/mol. The van der Waals surface area contributed by atoms with Crippen molar-refractivity contribution in [2.75, 3.05) is 19.7 Å². The van der Waals surface area contributed by atoms with Gasteiger partial charge in [-0.1, -0.05) is 13.8 Å². The van der Waals surface area contributed by atoms with Gasteiger partial charge in [-0.15, -0.1) is 0 Å². The monoisotopic (exact) mass is 300 g/mol. The first-order valence-electron chi connectivity index (χ1n) is 7.27. The second-order valence-electron chi connectivity index (χ2n) is 5.73. The maximum atomic E-state index is 12.1. The van der Waals surface area contributed by atoms with E-state index in [4.69, 9.17) is 4.74 Å². The first kappa shape index (κ1) is 17.3. The van der Waals surface area contributed by atoms with Gasteiger partial charge in [0, 0.05) is 19.5 Å². The SMILES string of the molecule is CCOC(=O)NC1CC(C(=O)O)CN(C(=O)CC(C)C)C1. The third-order valence-corrected chi connectivity index (χ3v) is 3.33. The molecule has 1 saturated heterocycles. The number of hydrogen-bond donors (Lipinski definition) is 2. The molecule has 1 fully saturated rings. The van der Waals surface area contributed by atoms with Crippen molar-refractivity contribution in [3.8, 4) is 0 Å². The third-order valence-electron chi connectivity index (χ3n) is 3.33. The van der Waals surface area contributed by atoms with Gasteiger partial charge in [0.2, 0.25) is 5.91 Å². The van der Waals surface area contributed by atoms with Crippen LogP contribution in [0.15, 0.2) is 0 Å². The van der Waals surface area contributed by atoms with Crippen LogP contribution in [0.3, 0.4) is 0 Å². The number of piperidine rings is 1. The highest BCUT2D eigenvalue weighted by molar-refractivity contribution is 5.78. The molecule has 0 aromatic heterocycles. The molecule has 1 aliphatic rings. The summed E-state index contributed by atoms with van der Waals surface area (Å²) in [6.07, 6.45) is 0.0998. The lowest BCUT2D eigenvalue weighted by atomic mass is 9.93. The Morgan fingerprint density at radius 2 is 2.00 bits per heavy atom. The van der Waals surface area contributed by atoms with Crippen molar-refractivity contribution in [2.45, 2.75) is 39.7 Å². The summed E-state index contributed by atoms with van der Waals surface area (Å²) in [5.74, 6) is -1.49. The van der Waals surface area contributed by atoms with Gasteiger partial charge in [0.1, 0.15) is 0 Å². The molecule has 0 bridgehead atoms. The number of carbonyl (C=O) groups is 3. The molecule has 120 valence electrons. The second kappa shape index (κ2) is 7.85. The normalized spacial score (nSPS) is 22.0. The summed E-state index contributed by atoms with van der Waals surface area (Å²) in [5, 5.41) is 11.8. The lowest BCUT2D eigenvalue weighted by Crippen LogP contribution is -2.54. The smallest absolute Gasteiger partial charge is 0.407 e. The van der Waals surface area contributed by atoms with Gasteiger partial charge in [-0.2, -0.15) is 0 Å². The van der Waals surface area contributed by atoms with Crippen LogP contribution >= 0.6 is 0 Å². The van der Waals surface area contributed by atoms with Crippen LogP contribution in [0.2, 0.25) is 0 Å². The zero-order valence-electron chi connectivity index (χ0n) is 12.8. The fraction of sp³-hybridized carbons (Fsp3) is 0.786. The van der Waals surface area contributed by atoms with Gasteiger partial charge in [0.25, 0.3) is 0 Å². The highest BCUT2D eigenvalue weighted by Gasteiger charge is 2.34. The van der Waals surface area contributed by atoms with Gasteiger partial charge in [-0.3, -0.25) is 9.59 Å². The van der Waals surface area contributed by atoms with E-state index in [1.807, 2.05) is 13.8 Å². The molecule has 0 saturated carbocycles. The van der Waals surface area contributed by atoms with Crippen LogP contribution in [-0.2, 0) is 14.3 Å². The minimum atomic E-state index is -0.951. The lowest BCUT2D eigenvalue weighted by Gasteiger charge is -2.36. The van der Waals surface area contributed by atoms with Crippen LogP contribution in [0.4, 0.5) is 4.79 Å². The number of likely N-dealkylation sites (tertiary alicyclic amines) is 1. The van der Waals surface area contributed by atoms with E-state index in [-0.39, 0.29) is 25.0 Å².